The maximum absolute atomic E-state index is 12.9. The number of aromatic nitrogens is 3. The zero-order chi connectivity index (χ0) is 16.8. The Hall–Kier alpha value is -2.45. The van der Waals surface area contributed by atoms with Crippen LogP contribution in [0.25, 0.3) is 5.69 Å². The van der Waals surface area contributed by atoms with E-state index >= 15 is 0 Å². The monoisotopic (exact) mass is 328 g/mol. The first-order valence-corrected chi connectivity index (χ1v) is 6.81. The number of carbonyl (C=O) groups is 1. The van der Waals surface area contributed by atoms with Gasteiger partial charge in [-0.1, -0.05) is 0 Å². The molecule has 1 aromatic heterocycles. The second-order valence-electron chi connectivity index (χ2n) is 5.32. The second-order valence-corrected chi connectivity index (χ2v) is 5.32. The van der Waals surface area contributed by atoms with Gasteiger partial charge in [0.1, 0.15) is 11.6 Å². The number of amides is 1. The molecule has 1 aliphatic rings. The molecule has 122 valence electrons. The van der Waals surface area contributed by atoms with Crippen molar-refractivity contribution in [2.45, 2.75) is 13.1 Å². The van der Waals surface area contributed by atoms with E-state index in [1.807, 2.05) is 0 Å². The molecule has 1 aliphatic heterocycles. The normalized spacial score (nSPS) is 15.6. The maximum atomic E-state index is 12.9. The molecule has 1 fully saturated rings. The first kappa shape index (κ1) is 15.4. The van der Waals surface area contributed by atoms with Crippen LogP contribution in [0.1, 0.15) is 16.4 Å². The molecule has 23 heavy (non-hydrogen) atoms. The van der Waals surface area contributed by atoms with Crippen LogP contribution in [0.15, 0.2) is 24.3 Å². The van der Waals surface area contributed by atoms with Gasteiger partial charge >= 0.3 is 6.18 Å². The van der Waals surface area contributed by atoms with Gasteiger partial charge in [-0.3, -0.25) is 4.79 Å². The fourth-order valence-electron chi connectivity index (χ4n) is 2.30. The molecule has 1 amide bonds. The summed E-state index contributed by atoms with van der Waals surface area (Å²) in [4.78, 5) is 17.2. The van der Waals surface area contributed by atoms with E-state index in [4.69, 9.17) is 0 Å². The van der Waals surface area contributed by atoms with Crippen LogP contribution in [0, 0.1) is 18.7 Å². The molecule has 1 aromatic carbocycles. The van der Waals surface area contributed by atoms with Crippen molar-refractivity contribution < 1.29 is 22.4 Å². The SMILES string of the molecule is Cc1nc(C(=O)N2CC(C(F)(F)F)C2)nn1-c1ccc(F)cc1. The topological polar surface area (TPSA) is 51.0 Å². The van der Waals surface area contributed by atoms with Gasteiger partial charge in [0.25, 0.3) is 5.91 Å². The van der Waals surface area contributed by atoms with E-state index in [9.17, 15) is 22.4 Å². The lowest BCUT2D eigenvalue weighted by atomic mass is 9.99. The molecular formula is C14H12F4N4O. The lowest BCUT2D eigenvalue weighted by molar-refractivity contribution is -0.202. The molecule has 1 saturated heterocycles. The zero-order valence-electron chi connectivity index (χ0n) is 12.0. The minimum Gasteiger partial charge on any atom is -0.334 e. The van der Waals surface area contributed by atoms with Gasteiger partial charge in [-0.05, 0) is 31.2 Å². The van der Waals surface area contributed by atoms with Gasteiger partial charge in [-0.2, -0.15) is 13.2 Å². The van der Waals surface area contributed by atoms with E-state index in [0.717, 1.165) is 4.90 Å². The summed E-state index contributed by atoms with van der Waals surface area (Å²) >= 11 is 0. The number of carbonyl (C=O) groups excluding carboxylic acids is 1. The Morgan fingerprint density at radius 1 is 1.22 bits per heavy atom. The summed E-state index contributed by atoms with van der Waals surface area (Å²) in [6, 6.07) is 5.41. The van der Waals surface area contributed by atoms with Crippen LogP contribution in [-0.2, 0) is 0 Å². The molecule has 0 saturated carbocycles. The Balaban J connectivity index is 1.76. The van der Waals surface area contributed by atoms with Crippen LogP contribution in [0.3, 0.4) is 0 Å². The number of nitrogens with zero attached hydrogens (tertiary/aromatic N) is 4. The molecule has 0 unspecified atom stereocenters. The van der Waals surface area contributed by atoms with Crippen molar-refractivity contribution in [2.75, 3.05) is 13.1 Å². The van der Waals surface area contributed by atoms with E-state index in [0.29, 0.717) is 11.5 Å². The van der Waals surface area contributed by atoms with Gasteiger partial charge in [-0.25, -0.2) is 14.1 Å². The van der Waals surface area contributed by atoms with Crippen molar-refractivity contribution >= 4 is 5.91 Å². The van der Waals surface area contributed by atoms with Crippen LogP contribution in [0.5, 0.6) is 0 Å². The lowest BCUT2D eigenvalue weighted by Gasteiger charge is -2.39. The first-order valence-electron chi connectivity index (χ1n) is 6.81. The number of rotatable bonds is 2. The minimum absolute atomic E-state index is 0.174. The smallest absolute Gasteiger partial charge is 0.334 e. The molecule has 0 spiro atoms. The average molecular weight is 328 g/mol. The quantitative estimate of drug-likeness (QED) is 0.795. The summed E-state index contributed by atoms with van der Waals surface area (Å²) in [5.41, 5.74) is 0.507. The van der Waals surface area contributed by atoms with Gasteiger partial charge < -0.3 is 4.90 Å². The van der Waals surface area contributed by atoms with Crippen molar-refractivity contribution in [1.82, 2.24) is 19.7 Å². The predicted molar refractivity (Wildman–Crippen MR) is 71.5 cm³/mol. The molecule has 0 radical (unpaired) electrons. The van der Waals surface area contributed by atoms with Gasteiger partial charge in [0.15, 0.2) is 0 Å². The van der Waals surface area contributed by atoms with Crippen molar-refractivity contribution in [1.29, 1.82) is 0 Å². The molecule has 0 atom stereocenters. The Morgan fingerprint density at radius 2 is 1.83 bits per heavy atom. The highest BCUT2D eigenvalue weighted by Gasteiger charge is 2.49. The van der Waals surface area contributed by atoms with Gasteiger partial charge in [0.2, 0.25) is 5.82 Å². The highest BCUT2D eigenvalue weighted by molar-refractivity contribution is 5.91. The van der Waals surface area contributed by atoms with Crippen molar-refractivity contribution in [3.05, 3.63) is 41.7 Å². The Labute approximate surface area is 128 Å². The largest absolute Gasteiger partial charge is 0.395 e. The fourth-order valence-corrected chi connectivity index (χ4v) is 2.30. The number of hydrogen-bond acceptors (Lipinski definition) is 3. The number of benzene rings is 1. The summed E-state index contributed by atoms with van der Waals surface area (Å²) in [5.74, 6) is -2.34. The number of alkyl halides is 3. The maximum Gasteiger partial charge on any atom is 0.395 e. The molecule has 0 aliphatic carbocycles. The van der Waals surface area contributed by atoms with Crippen molar-refractivity contribution in [3.8, 4) is 5.69 Å². The Bertz CT molecular complexity index is 732. The predicted octanol–water partition coefficient (Wildman–Crippen LogP) is 2.35. The molecular weight excluding hydrogens is 316 g/mol. The fraction of sp³-hybridized carbons (Fsp3) is 0.357. The van der Waals surface area contributed by atoms with Crippen LogP contribution < -0.4 is 0 Å². The standard InChI is InChI=1S/C14H12F4N4O/c1-8-19-12(13(23)21-6-9(7-21)14(16,17)18)20-22(8)11-4-2-10(15)3-5-11/h2-5,9H,6-7H2,1H3. The lowest BCUT2D eigenvalue weighted by Crippen LogP contribution is -2.55. The van der Waals surface area contributed by atoms with E-state index in [1.54, 1.807) is 6.92 Å². The molecule has 0 bridgehead atoms. The number of halogens is 4. The Morgan fingerprint density at radius 3 is 2.39 bits per heavy atom. The summed E-state index contributed by atoms with van der Waals surface area (Å²) < 4.78 is 51.6. The van der Waals surface area contributed by atoms with Crippen molar-refractivity contribution in [3.63, 3.8) is 0 Å². The third-order valence-corrected chi connectivity index (χ3v) is 3.66. The summed E-state index contributed by atoms with van der Waals surface area (Å²) in [6.45, 7) is 0.834. The highest BCUT2D eigenvalue weighted by Crippen LogP contribution is 2.33. The molecule has 2 heterocycles. The van der Waals surface area contributed by atoms with E-state index in [2.05, 4.69) is 10.1 Å². The summed E-state index contributed by atoms with van der Waals surface area (Å²) in [7, 11) is 0. The molecule has 2 aromatic rings. The average Bonchev–Trinajstić information content (AvgIpc) is 2.78. The van der Waals surface area contributed by atoms with Crippen LogP contribution in [0.4, 0.5) is 17.6 Å². The number of hydrogen-bond donors (Lipinski definition) is 0. The molecule has 9 heteroatoms. The molecule has 3 rings (SSSR count). The van der Waals surface area contributed by atoms with E-state index in [1.165, 1.54) is 28.9 Å². The van der Waals surface area contributed by atoms with Gasteiger partial charge in [0, 0.05) is 13.1 Å². The highest BCUT2D eigenvalue weighted by atomic mass is 19.4. The van der Waals surface area contributed by atoms with Gasteiger partial charge in [0.05, 0.1) is 11.6 Å². The summed E-state index contributed by atoms with van der Waals surface area (Å²) in [5, 5.41) is 4.01. The number of aryl methyl sites for hydroxylation is 1. The number of likely N-dealkylation sites (tertiary alicyclic amines) is 1. The third kappa shape index (κ3) is 2.90. The van der Waals surface area contributed by atoms with Crippen LogP contribution in [0.2, 0.25) is 0 Å². The van der Waals surface area contributed by atoms with Crippen molar-refractivity contribution in [2.24, 2.45) is 5.92 Å². The van der Waals surface area contributed by atoms with Crippen LogP contribution >= 0.6 is 0 Å². The van der Waals surface area contributed by atoms with E-state index < -0.39 is 23.8 Å². The zero-order valence-corrected chi connectivity index (χ0v) is 12.0. The third-order valence-electron chi connectivity index (χ3n) is 3.66. The minimum atomic E-state index is -4.30. The Kier molecular flexibility index (Phi) is 3.57. The first-order chi connectivity index (χ1) is 10.8. The summed E-state index contributed by atoms with van der Waals surface area (Å²) in [6.07, 6.45) is -4.30. The molecule has 5 nitrogen and oxygen atoms in total. The molecule has 0 N–H and O–H groups in total. The second kappa shape index (κ2) is 5.32. The van der Waals surface area contributed by atoms with E-state index in [-0.39, 0.29) is 18.9 Å². The van der Waals surface area contributed by atoms with Gasteiger partial charge in [-0.15, -0.1) is 5.10 Å². The van der Waals surface area contributed by atoms with Crippen LogP contribution in [-0.4, -0.2) is 44.8 Å².